The number of halogens is 3. The molecule has 0 N–H and O–H groups in total. The normalized spacial score (nSPS) is 19.7. The van der Waals surface area contributed by atoms with Crippen molar-refractivity contribution >= 4 is 6.09 Å². The number of aromatic nitrogens is 2. The summed E-state index contributed by atoms with van der Waals surface area (Å²) < 4.78 is 52.4. The second-order valence-electron chi connectivity index (χ2n) is 10.3. The van der Waals surface area contributed by atoms with E-state index in [1.807, 2.05) is 0 Å². The van der Waals surface area contributed by atoms with Gasteiger partial charge in [-0.3, -0.25) is 4.90 Å². The molecule has 6 nitrogen and oxygen atoms in total. The van der Waals surface area contributed by atoms with E-state index in [4.69, 9.17) is 9.26 Å². The summed E-state index contributed by atoms with van der Waals surface area (Å²) in [5.74, 6) is 0.802. The minimum absolute atomic E-state index is 0.0823. The molecule has 0 bridgehead atoms. The molecule has 2 heterocycles. The van der Waals surface area contributed by atoms with Crippen molar-refractivity contribution in [3.05, 3.63) is 35.2 Å². The van der Waals surface area contributed by atoms with E-state index in [1.54, 1.807) is 26.8 Å². The fourth-order valence-corrected chi connectivity index (χ4v) is 4.91. The smallest absolute Gasteiger partial charge is 0.416 e. The van der Waals surface area contributed by atoms with E-state index in [0.29, 0.717) is 30.9 Å². The minimum Gasteiger partial charge on any atom is -0.444 e. The third-order valence-electron chi connectivity index (χ3n) is 6.58. The van der Waals surface area contributed by atoms with Crippen molar-refractivity contribution in [1.29, 1.82) is 0 Å². The minimum atomic E-state index is -4.47. The molecule has 1 aromatic heterocycles. The van der Waals surface area contributed by atoms with Crippen molar-refractivity contribution in [2.75, 3.05) is 6.54 Å². The van der Waals surface area contributed by atoms with Crippen molar-refractivity contribution in [3.8, 4) is 11.4 Å². The Labute approximate surface area is 197 Å². The Hall–Kier alpha value is -2.58. The number of amides is 1. The maximum absolute atomic E-state index is 13.8. The van der Waals surface area contributed by atoms with E-state index in [-0.39, 0.29) is 17.3 Å². The lowest BCUT2D eigenvalue weighted by Crippen LogP contribution is -2.36. The largest absolute Gasteiger partial charge is 0.444 e. The summed E-state index contributed by atoms with van der Waals surface area (Å²) >= 11 is 0. The zero-order chi connectivity index (χ0) is 24.5. The summed E-state index contributed by atoms with van der Waals surface area (Å²) in [6.45, 7) is 5.86. The number of carbonyl (C=O) groups is 1. The predicted octanol–water partition coefficient (Wildman–Crippen LogP) is 6.95. The number of hydrogen-bond donors (Lipinski definition) is 0. The van der Waals surface area contributed by atoms with Gasteiger partial charge in [-0.15, -0.1) is 0 Å². The monoisotopic (exact) mass is 479 g/mol. The Morgan fingerprint density at radius 1 is 1.15 bits per heavy atom. The van der Waals surface area contributed by atoms with Crippen LogP contribution in [0.25, 0.3) is 11.4 Å². The van der Waals surface area contributed by atoms with Crippen LogP contribution in [-0.2, 0) is 17.3 Å². The van der Waals surface area contributed by atoms with Gasteiger partial charge in [-0.25, -0.2) is 4.79 Å². The SMILES string of the molecule is CC(C)(C)OC(=O)N1CCC[C@H]1c1nc(-c2ccc(CCC3CCCC3)c(C(F)(F)F)c2)no1. The average Bonchev–Trinajstić information content (AvgIpc) is 3.51. The molecule has 1 aliphatic carbocycles. The van der Waals surface area contributed by atoms with Gasteiger partial charge in [0.1, 0.15) is 11.6 Å². The first-order valence-electron chi connectivity index (χ1n) is 12.0. The van der Waals surface area contributed by atoms with Gasteiger partial charge in [-0.05, 0) is 64.0 Å². The summed E-state index contributed by atoms with van der Waals surface area (Å²) in [4.78, 5) is 18.5. The molecule has 1 amide bonds. The van der Waals surface area contributed by atoms with Crippen LogP contribution in [0, 0.1) is 5.92 Å². The molecular formula is C25H32F3N3O3. The summed E-state index contributed by atoms with van der Waals surface area (Å²) in [6.07, 6.45) is 2.16. The number of likely N-dealkylation sites (tertiary alicyclic amines) is 1. The van der Waals surface area contributed by atoms with E-state index in [0.717, 1.165) is 31.7 Å². The van der Waals surface area contributed by atoms with Gasteiger partial charge in [0.15, 0.2) is 0 Å². The Bertz CT molecular complexity index is 1010. The second kappa shape index (κ2) is 9.58. The molecular weight excluding hydrogens is 447 g/mol. The van der Waals surface area contributed by atoms with Crippen molar-refractivity contribution in [3.63, 3.8) is 0 Å². The number of rotatable bonds is 5. The molecule has 4 rings (SSSR count). The Kier molecular flexibility index (Phi) is 6.92. The molecule has 2 aromatic rings. The molecule has 1 aliphatic heterocycles. The zero-order valence-electron chi connectivity index (χ0n) is 20.0. The van der Waals surface area contributed by atoms with Crippen molar-refractivity contribution in [2.45, 2.75) is 90.0 Å². The first-order chi connectivity index (χ1) is 16.0. The molecule has 1 saturated carbocycles. The summed E-state index contributed by atoms with van der Waals surface area (Å²) in [5, 5.41) is 3.93. The quantitative estimate of drug-likeness (QED) is 0.464. The van der Waals surface area contributed by atoms with Crippen LogP contribution in [0.3, 0.4) is 0 Å². The Balaban J connectivity index is 1.53. The van der Waals surface area contributed by atoms with E-state index in [2.05, 4.69) is 10.1 Å². The maximum atomic E-state index is 13.8. The van der Waals surface area contributed by atoms with Gasteiger partial charge in [-0.1, -0.05) is 43.0 Å². The number of hydrogen-bond acceptors (Lipinski definition) is 5. The summed E-state index contributed by atoms with van der Waals surface area (Å²) in [7, 11) is 0. The number of alkyl halides is 3. The molecule has 1 aromatic carbocycles. The van der Waals surface area contributed by atoms with Crippen molar-refractivity contribution in [1.82, 2.24) is 15.0 Å². The van der Waals surface area contributed by atoms with Crippen LogP contribution in [0.5, 0.6) is 0 Å². The Morgan fingerprint density at radius 3 is 2.56 bits per heavy atom. The fraction of sp³-hybridized carbons (Fsp3) is 0.640. The fourth-order valence-electron chi connectivity index (χ4n) is 4.91. The molecule has 0 radical (unpaired) electrons. The van der Waals surface area contributed by atoms with Gasteiger partial charge >= 0.3 is 12.3 Å². The first-order valence-corrected chi connectivity index (χ1v) is 12.0. The second-order valence-corrected chi connectivity index (χ2v) is 10.3. The van der Waals surface area contributed by atoms with E-state index in [1.165, 1.54) is 23.8 Å². The highest BCUT2D eigenvalue weighted by molar-refractivity contribution is 5.69. The van der Waals surface area contributed by atoms with Gasteiger partial charge in [0.05, 0.1) is 5.56 Å². The first kappa shape index (κ1) is 24.5. The number of benzene rings is 1. The highest BCUT2D eigenvalue weighted by Gasteiger charge is 2.37. The van der Waals surface area contributed by atoms with Gasteiger partial charge in [-0.2, -0.15) is 18.2 Å². The van der Waals surface area contributed by atoms with Crippen molar-refractivity contribution < 1.29 is 27.2 Å². The lowest BCUT2D eigenvalue weighted by atomic mass is 9.94. The molecule has 0 unspecified atom stereocenters. The highest BCUT2D eigenvalue weighted by Crippen LogP contribution is 2.38. The number of aryl methyl sites for hydroxylation is 1. The van der Waals surface area contributed by atoms with Crippen LogP contribution in [0.4, 0.5) is 18.0 Å². The summed E-state index contributed by atoms with van der Waals surface area (Å²) in [6, 6.07) is 3.81. The highest BCUT2D eigenvalue weighted by atomic mass is 19.4. The van der Waals surface area contributed by atoms with Crippen LogP contribution < -0.4 is 0 Å². The van der Waals surface area contributed by atoms with Gasteiger partial charge in [0.2, 0.25) is 11.7 Å². The van der Waals surface area contributed by atoms with Crippen LogP contribution in [0.15, 0.2) is 22.7 Å². The number of ether oxygens (including phenoxy) is 1. The zero-order valence-corrected chi connectivity index (χ0v) is 20.0. The molecule has 9 heteroatoms. The number of carbonyl (C=O) groups excluding carboxylic acids is 1. The van der Waals surface area contributed by atoms with E-state index < -0.39 is 29.5 Å². The average molecular weight is 480 g/mol. The maximum Gasteiger partial charge on any atom is 0.416 e. The molecule has 0 spiro atoms. The van der Waals surface area contributed by atoms with Crippen molar-refractivity contribution in [2.24, 2.45) is 5.92 Å². The van der Waals surface area contributed by atoms with Gasteiger partial charge in [0, 0.05) is 12.1 Å². The lowest BCUT2D eigenvalue weighted by Gasteiger charge is -2.26. The van der Waals surface area contributed by atoms with Crippen LogP contribution in [0.1, 0.15) is 88.8 Å². The van der Waals surface area contributed by atoms with Gasteiger partial charge < -0.3 is 9.26 Å². The van der Waals surface area contributed by atoms with Gasteiger partial charge in [0.25, 0.3) is 0 Å². The molecule has 1 saturated heterocycles. The van der Waals surface area contributed by atoms with Crippen LogP contribution in [0.2, 0.25) is 0 Å². The third kappa shape index (κ3) is 5.73. The molecule has 34 heavy (non-hydrogen) atoms. The van der Waals surface area contributed by atoms with Crippen LogP contribution >= 0.6 is 0 Å². The summed E-state index contributed by atoms with van der Waals surface area (Å²) in [5.41, 5.74) is -0.740. The molecule has 2 fully saturated rings. The molecule has 2 aliphatic rings. The van der Waals surface area contributed by atoms with E-state index >= 15 is 0 Å². The molecule has 1 atom stereocenters. The van der Waals surface area contributed by atoms with Crippen LogP contribution in [-0.4, -0.2) is 33.3 Å². The molecule has 186 valence electrons. The third-order valence-corrected chi connectivity index (χ3v) is 6.58. The topological polar surface area (TPSA) is 68.5 Å². The number of nitrogens with zero attached hydrogens (tertiary/aromatic N) is 3. The lowest BCUT2D eigenvalue weighted by molar-refractivity contribution is -0.138. The predicted molar refractivity (Wildman–Crippen MR) is 120 cm³/mol. The van der Waals surface area contributed by atoms with E-state index in [9.17, 15) is 18.0 Å². The standard InChI is InChI=1S/C25H32F3N3O3/c1-24(2,3)33-23(32)31-14-6-9-20(31)22-29-21(30-34-22)18-13-12-17(19(15-18)25(26,27)28)11-10-16-7-4-5-8-16/h12-13,15-16,20H,4-11,14H2,1-3H3/t20-/m0/s1. The Morgan fingerprint density at radius 2 is 1.88 bits per heavy atom.